The van der Waals surface area contributed by atoms with Gasteiger partial charge in [-0.25, -0.2) is 0 Å². The molecule has 108 valence electrons. The first-order chi connectivity index (χ1) is 9.24. The molecular formula is C16H27NO2. The van der Waals surface area contributed by atoms with Crippen molar-refractivity contribution in [3.63, 3.8) is 0 Å². The summed E-state index contributed by atoms with van der Waals surface area (Å²) in [5.74, 6) is 1.79. The maximum Gasteiger partial charge on any atom is 0.142 e. The van der Waals surface area contributed by atoms with Crippen LogP contribution in [-0.4, -0.2) is 19.3 Å². The Morgan fingerprint density at radius 2 is 1.79 bits per heavy atom. The summed E-state index contributed by atoms with van der Waals surface area (Å²) in [6.45, 7) is 9.77. The van der Waals surface area contributed by atoms with Gasteiger partial charge in [0.2, 0.25) is 0 Å². The van der Waals surface area contributed by atoms with Crippen molar-refractivity contribution in [1.82, 2.24) is 0 Å². The Morgan fingerprint density at radius 3 is 2.37 bits per heavy atom. The lowest BCUT2D eigenvalue weighted by atomic mass is 10.1. The molecule has 0 bridgehead atoms. The molecule has 0 aliphatic rings. The highest BCUT2D eigenvalue weighted by molar-refractivity contribution is 5.60. The Balaban J connectivity index is 2.88. The molecule has 1 N–H and O–H groups in total. The number of nitrogens with one attached hydrogen (secondary N) is 1. The van der Waals surface area contributed by atoms with Crippen LogP contribution >= 0.6 is 0 Å². The van der Waals surface area contributed by atoms with Crippen molar-refractivity contribution in [2.75, 3.05) is 18.5 Å². The van der Waals surface area contributed by atoms with Crippen LogP contribution in [0.4, 0.5) is 5.69 Å². The van der Waals surface area contributed by atoms with Crippen molar-refractivity contribution in [2.24, 2.45) is 0 Å². The third kappa shape index (κ3) is 5.01. The molecule has 0 aliphatic heterocycles. The molecule has 1 unspecified atom stereocenters. The summed E-state index contributed by atoms with van der Waals surface area (Å²) >= 11 is 0. The second-order valence-electron chi connectivity index (χ2n) is 4.56. The van der Waals surface area contributed by atoms with Gasteiger partial charge in [-0.3, -0.25) is 0 Å². The van der Waals surface area contributed by atoms with Crippen LogP contribution in [0.1, 0.15) is 47.0 Å². The molecule has 3 nitrogen and oxygen atoms in total. The van der Waals surface area contributed by atoms with E-state index in [1.807, 2.05) is 32.0 Å². The molecule has 0 radical (unpaired) electrons. The second-order valence-corrected chi connectivity index (χ2v) is 4.56. The highest BCUT2D eigenvalue weighted by Crippen LogP contribution is 2.30. The Bertz CT molecular complexity index is 366. The summed E-state index contributed by atoms with van der Waals surface area (Å²) in [6.07, 6.45) is 3.46. The van der Waals surface area contributed by atoms with Gasteiger partial charge in [0.25, 0.3) is 0 Å². The number of hydrogen-bond acceptors (Lipinski definition) is 3. The Kier molecular flexibility index (Phi) is 7.16. The molecule has 0 aliphatic carbocycles. The minimum Gasteiger partial charge on any atom is -0.494 e. The van der Waals surface area contributed by atoms with Crippen molar-refractivity contribution in [1.29, 1.82) is 0 Å². The van der Waals surface area contributed by atoms with Crippen LogP contribution in [0.2, 0.25) is 0 Å². The van der Waals surface area contributed by atoms with E-state index in [0.29, 0.717) is 19.3 Å². The SMILES string of the molecule is CCCC(CC)Nc1cc(OCC)ccc1OCC. The summed E-state index contributed by atoms with van der Waals surface area (Å²) in [7, 11) is 0. The Morgan fingerprint density at radius 1 is 1.05 bits per heavy atom. The van der Waals surface area contributed by atoms with Crippen LogP contribution in [-0.2, 0) is 0 Å². The zero-order valence-electron chi connectivity index (χ0n) is 12.7. The third-order valence-corrected chi connectivity index (χ3v) is 3.05. The van der Waals surface area contributed by atoms with Crippen LogP contribution in [0.3, 0.4) is 0 Å². The minimum atomic E-state index is 0.487. The van der Waals surface area contributed by atoms with Crippen LogP contribution in [0, 0.1) is 0 Å². The van der Waals surface area contributed by atoms with E-state index in [1.165, 1.54) is 12.8 Å². The molecule has 1 rings (SSSR count). The summed E-state index contributed by atoms with van der Waals surface area (Å²) in [5.41, 5.74) is 1.04. The fraction of sp³-hybridized carbons (Fsp3) is 0.625. The normalized spacial score (nSPS) is 12.0. The molecule has 0 aromatic heterocycles. The highest BCUT2D eigenvalue weighted by Gasteiger charge is 2.10. The van der Waals surface area contributed by atoms with Gasteiger partial charge in [-0.15, -0.1) is 0 Å². The first-order valence-corrected chi connectivity index (χ1v) is 7.41. The van der Waals surface area contributed by atoms with Crippen LogP contribution in [0.15, 0.2) is 18.2 Å². The van der Waals surface area contributed by atoms with Gasteiger partial charge in [0.15, 0.2) is 0 Å². The average Bonchev–Trinajstić information content (AvgIpc) is 2.41. The van der Waals surface area contributed by atoms with E-state index < -0.39 is 0 Å². The molecule has 1 aromatic carbocycles. The van der Waals surface area contributed by atoms with Crippen LogP contribution in [0.5, 0.6) is 11.5 Å². The molecule has 0 saturated carbocycles. The smallest absolute Gasteiger partial charge is 0.142 e. The second kappa shape index (κ2) is 8.68. The Labute approximate surface area is 117 Å². The predicted octanol–water partition coefficient (Wildman–Crippen LogP) is 4.47. The van der Waals surface area contributed by atoms with Gasteiger partial charge >= 0.3 is 0 Å². The molecular weight excluding hydrogens is 238 g/mol. The standard InChI is InChI=1S/C16H27NO2/c1-5-9-13(6-2)17-15-12-14(18-7-3)10-11-16(15)19-8-4/h10-13,17H,5-9H2,1-4H3. The third-order valence-electron chi connectivity index (χ3n) is 3.05. The summed E-state index contributed by atoms with van der Waals surface area (Å²) in [6, 6.07) is 6.46. The van der Waals surface area contributed by atoms with E-state index in [1.54, 1.807) is 0 Å². The van der Waals surface area contributed by atoms with E-state index in [2.05, 4.69) is 19.2 Å². The zero-order chi connectivity index (χ0) is 14.1. The topological polar surface area (TPSA) is 30.5 Å². The fourth-order valence-electron chi connectivity index (χ4n) is 2.11. The molecule has 1 aromatic rings. The first kappa shape index (κ1) is 15.7. The van der Waals surface area contributed by atoms with Crippen molar-refractivity contribution < 1.29 is 9.47 Å². The van der Waals surface area contributed by atoms with Gasteiger partial charge in [-0.05, 0) is 38.8 Å². The monoisotopic (exact) mass is 265 g/mol. The van der Waals surface area contributed by atoms with E-state index in [9.17, 15) is 0 Å². The molecule has 0 amide bonds. The minimum absolute atomic E-state index is 0.487. The van der Waals surface area contributed by atoms with Gasteiger partial charge in [0.05, 0.1) is 18.9 Å². The Hall–Kier alpha value is -1.38. The van der Waals surface area contributed by atoms with E-state index in [0.717, 1.165) is 23.6 Å². The van der Waals surface area contributed by atoms with Gasteiger partial charge in [0, 0.05) is 12.1 Å². The molecule has 0 fully saturated rings. The average molecular weight is 265 g/mol. The molecule has 1 atom stereocenters. The van der Waals surface area contributed by atoms with Gasteiger partial charge < -0.3 is 14.8 Å². The summed E-state index contributed by atoms with van der Waals surface area (Å²) in [5, 5.41) is 3.58. The molecule has 0 heterocycles. The number of anilines is 1. The van der Waals surface area contributed by atoms with Crippen molar-refractivity contribution in [3.8, 4) is 11.5 Å². The summed E-state index contributed by atoms with van der Waals surface area (Å²) in [4.78, 5) is 0. The molecule has 0 saturated heterocycles. The zero-order valence-corrected chi connectivity index (χ0v) is 12.7. The lowest BCUT2D eigenvalue weighted by Crippen LogP contribution is -2.18. The molecule has 19 heavy (non-hydrogen) atoms. The number of ether oxygens (including phenoxy) is 2. The van der Waals surface area contributed by atoms with Crippen molar-refractivity contribution >= 4 is 5.69 Å². The van der Waals surface area contributed by atoms with E-state index in [4.69, 9.17) is 9.47 Å². The van der Waals surface area contributed by atoms with Gasteiger partial charge in [-0.1, -0.05) is 20.3 Å². The fourth-order valence-corrected chi connectivity index (χ4v) is 2.11. The number of benzene rings is 1. The van der Waals surface area contributed by atoms with Crippen molar-refractivity contribution in [3.05, 3.63) is 18.2 Å². The largest absolute Gasteiger partial charge is 0.494 e. The number of rotatable bonds is 9. The quantitative estimate of drug-likeness (QED) is 0.714. The lowest BCUT2D eigenvalue weighted by molar-refractivity contribution is 0.331. The van der Waals surface area contributed by atoms with Crippen molar-refractivity contribution in [2.45, 2.75) is 53.0 Å². The highest BCUT2D eigenvalue weighted by atomic mass is 16.5. The number of hydrogen-bond donors (Lipinski definition) is 1. The van der Waals surface area contributed by atoms with Crippen LogP contribution < -0.4 is 14.8 Å². The predicted molar refractivity (Wildman–Crippen MR) is 81.4 cm³/mol. The molecule has 0 spiro atoms. The van der Waals surface area contributed by atoms with Crippen LogP contribution in [0.25, 0.3) is 0 Å². The van der Waals surface area contributed by atoms with Gasteiger partial charge in [-0.2, -0.15) is 0 Å². The summed E-state index contributed by atoms with van der Waals surface area (Å²) < 4.78 is 11.2. The van der Waals surface area contributed by atoms with Gasteiger partial charge in [0.1, 0.15) is 11.5 Å². The molecule has 3 heteroatoms. The van der Waals surface area contributed by atoms with E-state index in [-0.39, 0.29) is 0 Å². The maximum atomic E-state index is 5.68. The lowest BCUT2D eigenvalue weighted by Gasteiger charge is -2.20. The first-order valence-electron chi connectivity index (χ1n) is 7.41. The van der Waals surface area contributed by atoms with E-state index >= 15 is 0 Å². The maximum absolute atomic E-state index is 5.68.